The largest absolute Gasteiger partial charge is 0.478 e. The fraction of sp³-hybridized carbons (Fsp3) is 0.188. The molecule has 2 rings (SSSR count). The van der Waals surface area contributed by atoms with Crippen LogP contribution < -0.4 is 5.32 Å². The van der Waals surface area contributed by atoms with E-state index in [1.807, 2.05) is 13.8 Å². The fourth-order valence-electron chi connectivity index (χ4n) is 1.79. The summed E-state index contributed by atoms with van der Waals surface area (Å²) < 4.78 is 1.72. The number of aliphatic carboxylic acids is 1. The molecule has 6 heteroatoms. The van der Waals surface area contributed by atoms with Gasteiger partial charge in [-0.15, -0.1) is 0 Å². The molecule has 0 aliphatic heterocycles. The van der Waals surface area contributed by atoms with Crippen molar-refractivity contribution in [3.05, 3.63) is 53.9 Å². The topological polar surface area (TPSA) is 84.2 Å². The zero-order chi connectivity index (χ0) is 16.1. The lowest BCUT2D eigenvalue weighted by Crippen LogP contribution is -2.13. The summed E-state index contributed by atoms with van der Waals surface area (Å²) in [5.41, 5.74) is 1.71. The van der Waals surface area contributed by atoms with Crippen LogP contribution in [0.5, 0.6) is 0 Å². The van der Waals surface area contributed by atoms with Gasteiger partial charge < -0.3 is 10.4 Å². The first kappa shape index (κ1) is 15.5. The molecule has 0 atom stereocenters. The number of aromatic nitrogens is 2. The molecule has 0 saturated carbocycles. The van der Waals surface area contributed by atoms with Gasteiger partial charge in [-0.1, -0.05) is 12.1 Å². The minimum atomic E-state index is -1.00. The Hall–Kier alpha value is -2.89. The molecule has 114 valence electrons. The minimum absolute atomic E-state index is 0.196. The third kappa shape index (κ3) is 4.05. The zero-order valence-electron chi connectivity index (χ0n) is 12.4. The van der Waals surface area contributed by atoms with Gasteiger partial charge in [-0.3, -0.25) is 9.48 Å². The number of hydrogen-bond acceptors (Lipinski definition) is 3. The van der Waals surface area contributed by atoms with Crippen molar-refractivity contribution in [2.75, 3.05) is 5.32 Å². The van der Waals surface area contributed by atoms with Crippen LogP contribution in [0.25, 0.3) is 6.08 Å². The molecule has 1 heterocycles. The Balaban J connectivity index is 2.03. The second-order valence-electron chi connectivity index (χ2n) is 5.02. The van der Waals surface area contributed by atoms with Crippen LogP contribution in [0.3, 0.4) is 0 Å². The Bertz CT molecular complexity index is 700. The molecule has 0 saturated heterocycles. The molecule has 1 aromatic heterocycles. The van der Waals surface area contributed by atoms with Gasteiger partial charge in [-0.05, 0) is 43.7 Å². The van der Waals surface area contributed by atoms with E-state index in [1.54, 1.807) is 41.2 Å². The van der Waals surface area contributed by atoms with E-state index >= 15 is 0 Å². The Morgan fingerprint density at radius 1 is 1.23 bits per heavy atom. The molecule has 22 heavy (non-hydrogen) atoms. The van der Waals surface area contributed by atoms with E-state index in [-0.39, 0.29) is 11.9 Å². The smallest absolute Gasteiger partial charge is 0.328 e. The third-order valence-corrected chi connectivity index (χ3v) is 2.96. The van der Waals surface area contributed by atoms with Crippen LogP contribution in [0.2, 0.25) is 0 Å². The molecule has 0 spiro atoms. The van der Waals surface area contributed by atoms with Crippen molar-refractivity contribution < 1.29 is 14.7 Å². The van der Waals surface area contributed by atoms with Gasteiger partial charge in [0.05, 0.1) is 0 Å². The number of carbonyl (C=O) groups excluding carboxylic acids is 1. The maximum atomic E-state index is 12.1. The van der Waals surface area contributed by atoms with Crippen molar-refractivity contribution in [2.45, 2.75) is 19.9 Å². The first-order valence-electron chi connectivity index (χ1n) is 6.83. The van der Waals surface area contributed by atoms with E-state index in [0.717, 1.165) is 11.6 Å². The van der Waals surface area contributed by atoms with Crippen LogP contribution >= 0.6 is 0 Å². The molecule has 2 N–H and O–H groups in total. The van der Waals surface area contributed by atoms with Gasteiger partial charge in [0.25, 0.3) is 5.91 Å². The van der Waals surface area contributed by atoms with Crippen LogP contribution in [0, 0.1) is 0 Å². The summed E-state index contributed by atoms with van der Waals surface area (Å²) in [6.07, 6.45) is 4.31. The average Bonchev–Trinajstić information content (AvgIpc) is 2.96. The summed E-state index contributed by atoms with van der Waals surface area (Å²) >= 11 is 0. The predicted molar refractivity (Wildman–Crippen MR) is 83.7 cm³/mol. The summed E-state index contributed by atoms with van der Waals surface area (Å²) in [6, 6.07) is 8.72. The van der Waals surface area contributed by atoms with Gasteiger partial charge in [0.15, 0.2) is 5.69 Å². The number of anilines is 1. The fourth-order valence-corrected chi connectivity index (χ4v) is 1.79. The molecule has 0 aliphatic carbocycles. The predicted octanol–water partition coefficient (Wildman–Crippen LogP) is 2.81. The molecular formula is C16H17N3O3. The second-order valence-corrected chi connectivity index (χ2v) is 5.02. The number of rotatable bonds is 5. The quantitative estimate of drug-likeness (QED) is 0.831. The standard InChI is InChI=1S/C16H17N3O3/c1-11(2)19-10-9-14(18-19)16(22)17-13-6-3-12(4-7-13)5-8-15(20)21/h3-11H,1-2H3,(H,17,22)(H,20,21). The number of hydrogen-bond donors (Lipinski definition) is 2. The molecular weight excluding hydrogens is 282 g/mol. The van der Waals surface area contributed by atoms with E-state index in [0.29, 0.717) is 11.4 Å². The molecule has 1 amide bonds. The Morgan fingerprint density at radius 2 is 1.91 bits per heavy atom. The van der Waals surface area contributed by atoms with Crippen molar-refractivity contribution in [2.24, 2.45) is 0 Å². The highest BCUT2D eigenvalue weighted by Crippen LogP contribution is 2.12. The monoisotopic (exact) mass is 299 g/mol. The molecule has 0 aliphatic rings. The number of amides is 1. The first-order chi connectivity index (χ1) is 10.5. The van der Waals surface area contributed by atoms with Gasteiger partial charge in [-0.25, -0.2) is 4.79 Å². The number of nitrogens with zero attached hydrogens (tertiary/aromatic N) is 2. The van der Waals surface area contributed by atoms with Crippen molar-refractivity contribution in [3.8, 4) is 0 Å². The minimum Gasteiger partial charge on any atom is -0.478 e. The SMILES string of the molecule is CC(C)n1ccc(C(=O)Nc2ccc(C=CC(=O)O)cc2)n1. The highest BCUT2D eigenvalue weighted by molar-refractivity contribution is 6.02. The molecule has 0 bridgehead atoms. The van der Waals surface area contributed by atoms with Crippen LogP contribution in [0.1, 0.15) is 35.9 Å². The lowest BCUT2D eigenvalue weighted by molar-refractivity contribution is -0.131. The molecule has 1 aromatic carbocycles. The normalized spacial score (nSPS) is 11.0. The van der Waals surface area contributed by atoms with E-state index in [2.05, 4.69) is 10.4 Å². The number of carbonyl (C=O) groups is 2. The van der Waals surface area contributed by atoms with E-state index in [1.165, 1.54) is 6.08 Å². The van der Waals surface area contributed by atoms with Gasteiger partial charge in [0, 0.05) is 24.0 Å². The second kappa shape index (κ2) is 6.71. The Morgan fingerprint density at radius 3 is 2.45 bits per heavy atom. The maximum Gasteiger partial charge on any atom is 0.328 e. The Kier molecular flexibility index (Phi) is 4.73. The number of carboxylic acid groups (broad SMARTS) is 1. The van der Waals surface area contributed by atoms with Crippen LogP contribution in [0.15, 0.2) is 42.6 Å². The lowest BCUT2D eigenvalue weighted by atomic mass is 10.2. The van der Waals surface area contributed by atoms with Gasteiger partial charge in [0.1, 0.15) is 0 Å². The molecule has 2 aromatic rings. The number of carboxylic acids is 1. The molecule has 6 nitrogen and oxygen atoms in total. The van der Waals surface area contributed by atoms with Crippen LogP contribution in [-0.4, -0.2) is 26.8 Å². The zero-order valence-corrected chi connectivity index (χ0v) is 12.4. The van der Waals surface area contributed by atoms with Crippen molar-refractivity contribution in [1.82, 2.24) is 9.78 Å². The highest BCUT2D eigenvalue weighted by atomic mass is 16.4. The van der Waals surface area contributed by atoms with Crippen LogP contribution in [-0.2, 0) is 4.79 Å². The highest BCUT2D eigenvalue weighted by Gasteiger charge is 2.10. The van der Waals surface area contributed by atoms with E-state index in [4.69, 9.17) is 5.11 Å². The van der Waals surface area contributed by atoms with Crippen molar-refractivity contribution in [1.29, 1.82) is 0 Å². The Labute approximate surface area is 128 Å². The summed E-state index contributed by atoms with van der Waals surface area (Å²) in [5.74, 6) is -1.29. The summed E-state index contributed by atoms with van der Waals surface area (Å²) in [6.45, 7) is 3.97. The molecule has 0 fully saturated rings. The van der Waals surface area contributed by atoms with Crippen molar-refractivity contribution >= 4 is 23.6 Å². The van der Waals surface area contributed by atoms with Crippen molar-refractivity contribution in [3.63, 3.8) is 0 Å². The first-order valence-corrected chi connectivity index (χ1v) is 6.83. The van der Waals surface area contributed by atoms with Gasteiger partial charge >= 0.3 is 5.97 Å². The summed E-state index contributed by atoms with van der Waals surface area (Å²) in [5, 5.41) is 15.5. The maximum absolute atomic E-state index is 12.1. The third-order valence-electron chi connectivity index (χ3n) is 2.96. The number of benzene rings is 1. The lowest BCUT2D eigenvalue weighted by Gasteiger charge is -2.05. The summed E-state index contributed by atoms with van der Waals surface area (Å²) in [4.78, 5) is 22.5. The molecule has 0 radical (unpaired) electrons. The van der Waals surface area contributed by atoms with E-state index in [9.17, 15) is 9.59 Å². The van der Waals surface area contributed by atoms with Crippen LogP contribution in [0.4, 0.5) is 5.69 Å². The summed E-state index contributed by atoms with van der Waals surface area (Å²) in [7, 11) is 0. The molecule has 0 unspecified atom stereocenters. The average molecular weight is 299 g/mol. The van der Waals surface area contributed by atoms with Gasteiger partial charge in [0.2, 0.25) is 0 Å². The van der Waals surface area contributed by atoms with E-state index < -0.39 is 5.97 Å². The van der Waals surface area contributed by atoms with Gasteiger partial charge in [-0.2, -0.15) is 5.10 Å². The number of nitrogens with one attached hydrogen (secondary N) is 1.